The molecule has 3 heterocycles. The fourth-order valence-corrected chi connectivity index (χ4v) is 3.01. The third-order valence-electron chi connectivity index (χ3n) is 4.38. The van der Waals surface area contributed by atoms with Gasteiger partial charge in [-0.05, 0) is 42.5 Å². The molecule has 0 saturated carbocycles. The number of hydrogen-bond acceptors (Lipinski definition) is 6. The van der Waals surface area contributed by atoms with Crippen LogP contribution in [-0.4, -0.2) is 24.7 Å². The van der Waals surface area contributed by atoms with Crippen molar-refractivity contribution < 1.29 is 9.26 Å². The van der Waals surface area contributed by atoms with Crippen molar-refractivity contribution in [3.8, 4) is 34.6 Å². The summed E-state index contributed by atoms with van der Waals surface area (Å²) >= 11 is 5.91. The van der Waals surface area contributed by atoms with Gasteiger partial charge in [-0.1, -0.05) is 16.8 Å². The van der Waals surface area contributed by atoms with E-state index in [2.05, 4.69) is 26.3 Å². The molecule has 0 aliphatic carbocycles. The fourth-order valence-electron chi connectivity index (χ4n) is 2.88. The van der Waals surface area contributed by atoms with Crippen LogP contribution in [0.1, 0.15) is 0 Å². The third kappa shape index (κ3) is 3.43. The van der Waals surface area contributed by atoms with Gasteiger partial charge in [0.05, 0.1) is 24.1 Å². The maximum atomic E-state index is 5.91. The van der Waals surface area contributed by atoms with Crippen LogP contribution in [0.5, 0.6) is 11.6 Å². The normalized spacial score (nSPS) is 11.1. The molecule has 0 spiro atoms. The van der Waals surface area contributed by atoms with Crippen molar-refractivity contribution in [3.63, 3.8) is 0 Å². The number of halogens is 1. The van der Waals surface area contributed by atoms with Gasteiger partial charge in [-0.2, -0.15) is 4.98 Å². The summed E-state index contributed by atoms with van der Waals surface area (Å²) in [5.41, 5.74) is 2.27. The van der Waals surface area contributed by atoms with Crippen molar-refractivity contribution in [1.82, 2.24) is 24.7 Å². The largest absolute Gasteiger partial charge is 0.437 e. The van der Waals surface area contributed by atoms with E-state index in [1.54, 1.807) is 12.1 Å². The van der Waals surface area contributed by atoms with Crippen molar-refractivity contribution >= 4 is 22.5 Å². The molecule has 0 aliphatic heterocycles. The Morgan fingerprint density at radius 2 is 1.93 bits per heavy atom. The average molecular weight is 403 g/mol. The Morgan fingerprint density at radius 3 is 2.72 bits per heavy atom. The van der Waals surface area contributed by atoms with Crippen molar-refractivity contribution in [2.24, 2.45) is 7.05 Å². The van der Waals surface area contributed by atoms with Gasteiger partial charge in [0.2, 0.25) is 11.7 Å². The van der Waals surface area contributed by atoms with Crippen LogP contribution in [0.4, 0.5) is 0 Å². The van der Waals surface area contributed by atoms with Crippen molar-refractivity contribution in [2.45, 2.75) is 0 Å². The second kappa shape index (κ2) is 7.03. The van der Waals surface area contributed by atoms with E-state index in [-0.39, 0.29) is 5.89 Å². The van der Waals surface area contributed by atoms with E-state index in [0.29, 0.717) is 28.2 Å². The average Bonchev–Trinajstić information content (AvgIpc) is 3.37. The van der Waals surface area contributed by atoms with Crippen LogP contribution in [0.25, 0.3) is 33.9 Å². The van der Waals surface area contributed by atoms with Crippen LogP contribution in [0, 0.1) is 6.20 Å². The van der Waals surface area contributed by atoms with E-state index in [0.717, 1.165) is 16.5 Å². The van der Waals surface area contributed by atoms with Gasteiger partial charge >= 0.3 is 0 Å². The number of fused-ring (bicyclic) bond motifs is 1. The Balaban J connectivity index is 1.36. The quantitative estimate of drug-likeness (QED) is 0.424. The number of hydrogen-bond donors (Lipinski definition) is 0. The second-order valence-corrected chi connectivity index (χ2v) is 6.76. The highest BCUT2D eigenvalue weighted by Crippen LogP contribution is 2.26. The molecule has 7 nitrogen and oxygen atoms in total. The van der Waals surface area contributed by atoms with Crippen LogP contribution in [0.3, 0.4) is 0 Å². The zero-order valence-corrected chi connectivity index (χ0v) is 16.0. The molecule has 2 aromatic carbocycles. The van der Waals surface area contributed by atoms with E-state index in [9.17, 15) is 0 Å². The summed E-state index contributed by atoms with van der Waals surface area (Å²) in [6, 6.07) is 14.9. The molecular formula is C21H13ClN5O2. The zero-order valence-electron chi connectivity index (χ0n) is 15.2. The van der Waals surface area contributed by atoms with Gasteiger partial charge < -0.3 is 13.8 Å². The first kappa shape index (κ1) is 17.4. The fraction of sp³-hybridized carbons (Fsp3) is 0.0476. The summed E-state index contributed by atoms with van der Waals surface area (Å²) in [5, 5.41) is 5.72. The number of nitrogens with zero attached hydrogens (tertiary/aromatic N) is 5. The minimum atomic E-state index is 0.273. The number of benzene rings is 2. The first-order valence-corrected chi connectivity index (χ1v) is 9.10. The van der Waals surface area contributed by atoms with E-state index >= 15 is 0 Å². The Bertz CT molecular complexity index is 1290. The lowest BCUT2D eigenvalue weighted by atomic mass is 10.2. The van der Waals surface area contributed by atoms with Crippen molar-refractivity contribution in [2.75, 3.05) is 0 Å². The van der Waals surface area contributed by atoms with Gasteiger partial charge in [0, 0.05) is 29.1 Å². The maximum absolute atomic E-state index is 5.91. The molecule has 0 N–H and O–H groups in total. The molecule has 29 heavy (non-hydrogen) atoms. The Hall–Kier alpha value is -3.71. The molecule has 141 valence electrons. The zero-order chi connectivity index (χ0) is 19.8. The summed E-state index contributed by atoms with van der Waals surface area (Å²) in [6.45, 7) is 0. The smallest absolute Gasteiger partial charge is 0.278 e. The molecule has 0 amide bonds. The highest BCUT2D eigenvalue weighted by atomic mass is 35.5. The minimum Gasteiger partial charge on any atom is -0.437 e. The molecule has 0 fully saturated rings. The molecule has 8 heteroatoms. The van der Waals surface area contributed by atoms with Gasteiger partial charge in [-0.25, -0.2) is 9.97 Å². The van der Waals surface area contributed by atoms with Gasteiger partial charge in [-0.15, -0.1) is 0 Å². The number of aromatic nitrogens is 5. The topological polar surface area (TPSA) is 78.9 Å². The standard InChI is InChI=1S/C21H13ClN5O2/c1-27-9-8-13-4-7-16(10-18(13)27)28-19-12-23-17(11-24-19)21-25-20(26-29-21)14-2-5-15(22)6-3-14/h2-8,10-12H,1H3. The molecule has 5 aromatic rings. The molecule has 5 rings (SSSR count). The summed E-state index contributed by atoms with van der Waals surface area (Å²) < 4.78 is 13.0. The van der Waals surface area contributed by atoms with Crippen LogP contribution >= 0.6 is 11.6 Å². The lowest BCUT2D eigenvalue weighted by molar-refractivity contribution is 0.429. The highest BCUT2D eigenvalue weighted by molar-refractivity contribution is 6.30. The van der Waals surface area contributed by atoms with Crippen LogP contribution in [-0.2, 0) is 7.05 Å². The Kier molecular flexibility index (Phi) is 4.22. The van der Waals surface area contributed by atoms with Crippen LogP contribution in [0.15, 0.2) is 65.4 Å². The molecular weight excluding hydrogens is 390 g/mol. The third-order valence-corrected chi connectivity index (χ3v) is 4.63. The van der Waals surface area contributed by atoms with E-state index in [1.165, 1.54) is 12.4 Å². The highest BCUT2D eigenvalue weighted by Gasteiger charge is 2.13. The second-order valence-electron chi connectivity index (χ2n) is 6.33. The van der Waals surface area contributed by atoms with Gasteiger partial charge in [0.25, 0.3) is 5.89 Å². The predicted molar refractivity (Wildman–Crippen MR) is 108 cm³/mol. The summed E-state index contributed by atoms with van der Waals surface area (Å²) in [4.78, 5) is 13.0. The molecule has 0 saturated heterocycles. The molecule has 3 aromatic heterocycles. The Morgan fingerprint density at radius 1 is 1.07 bits per heavy atom. The minimum absolute atomic E-state index is 0.273. The summed E-state index contributed by atoms with van der Waals surface area (Å²) in [5.74, 6) is 1.75. The SMILES string of the molecule is Cn1[c]cc2ccc(Oc3cnc(-c4nc(-c5ccc(Cl)cc5)no4)cn3)cc21. The van der Waals surface area contributed by atoms with E-state index < -0.39 is 0 Å². The monoisotopic (exact) mass is 402 g/mol. The van der Waals surface area contributed by atoms with Crippen molar-refractivity contribution in [3.05, 3.63) is 72.1 Å². The summed E-state index contributed by atoms with van der Waals surface area (Å²) in [7, 11) is 1.93. The van der Waals surface area contributed by atoms with E-state index in [4.69, 9.17) is 20.9 Å². The molecule has 1 radical (unpaired) electrons. The molecule has 0 aliphatic rings. The van der Waals surface area contributed by atoms with Crippen molar-refractivity contribution in [1.29, 1.82) is 0 Å². The lowest BCUT2D eigenvalue weighted by Crippen LogP contribution is -1.92. The van der Waals surface area contributed by atoms with Gasteiger partial charge in [0.1, 0.15) is 11.4 Å². The number of rotatable bonds is 4. The number of ether oxygens (including phenoxy) is 1. The molecule has 0 atom stereocenters. The number of aryl methyl sites for hydroxylation is 1. The van der Waals surface area contributed by atoms with Gasteiger partial charge in [0.15, 0.2) is 0 Å². The first-order valence-electron chi connectivity index (χ1n) is 8.73. The molecule has 0 unspecified atom stereocenters. The van der Waals surface area contributed by atoms with Crippen LogP contribution < -0.4 is 4.74 Å². The van der Waals surface area contributed by atoms with Gasteiger partial charge in [-0.3, -0.25) is 0 Å². The summed E-state index contributed by atoms with van der Waals surface area (Å²) in [6.07, 6.45) is 6.16. The Labute approximate surface area is 170 Å². The van der Waals surface area contributed by atoms with E-state index in [1.807, 2.05) is 48.0 Å². The maximum Gasteiger partial charge on any atom is 0.278 e. The first-order chi connectivity index (χ1) is 14.2. The molecule has 0 bridgehead atoms. The predicted octanol–water partition coefficient (Wildman–Crippen LogP) is 4.93. The lowest BCUT2D eigenvalue weighted by Gasteiger charge is -2.05. The van der Waals surface area contributed by atoms with Crippen LogP contribution in [0.2, 0.25) is 5.02 Å².